The Bertz CT molecular complexity index is 2910. The van der Waals surface area contributed by atoms with Gasteiger partial charge in [0.15, 0.2) is 17.3 Å². The van der Waals surface area contributed by atoms with Gasteiger partial charge in [0, 0.05) is 46.0 Å². The minimum atomic E-state index is -0.999. The summed E-state index contributed by atoms with van der Waals surface area (Å²) in [5.41, 5.74) is 7.02. The molecule has 0 spiro atoms. The number of carboxylic acids is 1. The third-order valence-electron chi connectivity index (χ3n) is 14.3. The number of nitrogens with zero attached hydrogens (tertiary/aromatic N) is 1. The standard InChI is InChI=1S/C61H69NO14/c1-41(2)59(66)75-35-33-73-31-29-71-27-25-69-24-26-70-28-30-72-32-34-74-46(40-63)36-42-21-23-62(53(37-42)58(64)65)52-38-49-50(39-54(52)68-6)57-48(56-55(49)47-14-10-11-15-51(47)60(56,3)4)20-22-61(76-57,43-12-8-7-9-13-43)44-16-18-45(67-5)19-17-44/h7-20,22,38-39,42,53H,1,21,23-37H2,2-6H3,(H,64,65). The van der Waals surface area contributed by atoms with Crippen LogP contribution in [0.4, 0.5) is 5.69 Å². The van der Waals surface area contributed by atoms with Crippen molar-refractivity contribution in [2.75, 3.05) is 105 Å². The van der Waals surface area contributed by atoms with Gasteiger partial charge in [-0.15, -0.1) is 0 Å². The molecule has 5 aromatic carbocycles. The first-order valence-electron chi connectivity index (χ1n) is 25.9. The Hall–Kier alpha value is -6.97. The molecular weight excluding hydrogens is 971 g/mol. The first kappa shape index (κ1) is 55.3. The van der Waals surface area contributed by atoms with E-state index in [0.717, 1.165) is 49.9 Å². The average molecular weight is 1040 g/mol. The maximum Gasteiger partial charge on any atom is 0.333 e. The molecular formula is C61H69NO14. The summed E-state index contributed by atoms with van der Waals surface area (Å²) in [6.07, 6.45) is 5.49. The average Bonchev–Trinajstić information content (AvgIpc) is 3.70. The van der Waals surface area contributed by atoms with Crippen LogP contribution in [0.3, 0.4) is 0 Å². The summed E-state index contributed by atoms with van der Waals surface area (Å²) in [6, 6.07) is 29.8. The number of hydrogen-bond acceptors (Lipinski definition) is 14. The summed E-state index contributed by atoms with van der Waals surface area (Å²) < 4.78 is 57.6. The molecule has 1 fully saturated rings. The van der Waals surface area contributed by atoms with Crippen LogP contribution in [0.1, 0.15) is 67.9 Å². The number of anilines is 1. The maximum atomic E-state index is 13.3. The van der Waals surface area contributed by atoms with E-state index < -0.39 is 29.0 Å². The summed E-state index contributed by atoms with van der Waals surface area (Å²) in [5, 5.41) is 12.7. The van der Waals surface area contributed by atoms with Crippen molar-refractivity contribution in [2.45, 2.75) is 57.1 Å². The highest BCUT2D eigenvalue weighted by atomic mass is 16.6. The fourth-order valence-electron chi connectivity index (χ4n) is 10.5. The molecule has 3 unspecified atom stereocenters. The van der Waals surface area contributed by atoms with Gasteiger partial charge in [0.1, 0.15) is 36.5 Å². The van der Waals surface area contributed by atoms with Gasteiger partial charge in [-0.05, 0) is 83.7 Å². The topological polar surface area (TPSA) is 167 Å². The SMILES string of the molecule is C=C(C)C(=O)OCCOCCOCCOCCOCCOCCOC(=C=O)CC1CCN(c2cc3c4c(c5c(c3cc2OC)OC(c2ccccc2)(c2ccc(OC)cc2)C=C5)C(C)(C)c2ccccc2-4)C(C(=O)O)C1. The second-order valence-corrected chi connectivity index (χ2v) is 19.5. The second kappa shape index (κ2) is 25.7. The molecule has 1 saturated heterocycles. The maximum absolute atomic E-state index is 13.3. The first-order chi connectivity index (χ1) is 36.9. The van der Waals surface area contributed by atoms with E-state index in [2.05, 4.69) is 75.0 Å². The number of benzene rings is 5. The number of ether oxygens (including phenoxy) is 10. The Morgan fingerprint density at radius 3 is 1.93 bits per heavy atom. The van der Waals surface area contributed by atoms with Crippen LogP contribution in [0, 0.1) is 5.92 Å². The molecule has 76 heavy (non-hydrogen) atoms. The number of methoxy groups -OCH3 is 2. The minimum absolute atomic E-state index is 0.136. The lowest BCUT2D eigenvalue weighted by molar-refractivity contribution is -0.141. The van der Waals surface area contributed by atoms with Crippen LogP contribution in [0.25, 0.3) is 28.0 Å². The highest BCUT2D eigenvalue weighted by Crippen LogP contribution is 2.59. The summed E-state index contributed by atoms with van der Waals surface area (Å²) in [4.78, 5) is 38.7. The van der Waals surface area contributed by atoms with Gasteiger partial charge >= 0.3 is 11.9 Å². The van der Waals surface area contributed by atoms with E-state index in [1.54, 1.807) is 21.1 Å². The number of esters is 1. The van der Waals surface area contributed by atoms with Crippen molar-refractivity contribution in [3.8, 4) is 28.4 Å². The fraction of sp³-hybridized carbons (Fsp3) is 0.410. The molecule has 0 radical (unpaired) electrons. The zero-order valence-corrected chi connectivity index (χ0v) is 44.2. The molecule has 8 rings (SSSR count). The fourth-order valence-corrected chi connectivity index (χ4v) is 10.5. The molecule has 1 N–H and O–H groups in total. The molecule has 5 aromatic rings. The molecule has 15 nitrogen and oxygen atoms in total. The van der Waals surface area contributed by atoms with E-state index in [1.165, 1.54) is 5.56 Å². The highest BCUT2D eigenvalue weighted by Gasteiger charge is 2.45. The number of fused-ring (bicyclic) bond motifs is 8. The molecule has 0 amide bonds. The van der Waals surface area contributed by atoms with Crippen molar-refractivity contribution >= 4 is 40.4 Å². The molecule has 0 saturated carbocycles. The van der Waals surface area contributed by atoms with Crippen LogP contribution in [-0.2, 0) is 58.6 Å². The number of hydrogen-bond donors (Lipinski definition) is 1. The summed E-state index contributed by atoms with van der Waals surface area (Å²) in [5.74, 6) is 2.49. The zero-order chi connectivity index (χ0) is 53.7. The van der Waals surface area contributed by atoms with E-state index in [0.29, 0.717) is 88.6 Å². The number of piperidine rings is 1. The number of rotatable bonds is 28. The van der Waals surface area contributed by atoms with E-state index in [1.807, 2.05) is 59.4 Å². The van der Waals surface area contributed by atoms with Gasteiger partial charge in [-0.1, -0.05) is 93.2 Å². The summed E-state index contributed by atoms with van der Waals surface area (Å²) in [6.45, 7) is 13.9. The third-order valence-corrected chi connectivity index (χ3v) is 14.3. The molecule has 2 aliphatic heterocycles. The van der Waals surface area contributed by atoms with Gasteiger partial charge in [-0.25, -0.2) is 14.4 Å². The van der Waals surface area contributed by atoms with Crippen molar-refractivity contribution < 1.29 is 66.9 Å². The van der Waals surface area contributed by atoms with E-state index in [4.69, 9.17) is 47.4 Å². The Labute approximate surface area is 444 Å². The summed E-state index contributed by atoms with van der Waals surface area (Å²) >= 11 is 0. The first-order valence-corrected chi connectivity index (χ1v) is 25.9. The van der Waals surface area contributed by atoms with Crippen molar-refractivity contribution in [1.82, 2.24) is 0 Å². The van der Waals surface area contributed by atoms with E-state index in [9.17, 15) is 19.5 Å². The number of carbonyl (C=O) groups is 2. The molecule has 1 aliphatic carbocycles. The lowest BCUT2D eigenvalue weighted by Gasteiger charge is -2.40. The predicted octanol–water partition coefficient (Wildman–Crippen LogP) is 9.51. The molecule has 402 valence electrons. The Kier molecular flexibility index (Phi) is 18.7. The smallest absolute Gasteiger partial charge is 0.333 e. The van der Waals surface area contributed by atoms with Crippen molar-refractivity contribution in [3.05, 3.63) is 143 Å². The van der Waals surface area contributed by atoms with Crippen LogP contribution in [-0.4, -0.2) is 129 Å². The van der Waals surface area contributed by atoms with Crippen molar-refractivity contribution in [1.29, 1.82) is 0 Å². The molecule has 2 heterocycles. The minimum Gasteiger partial charge on any atom is -0.497 e. The van der Waals surface area contributed by atoms with E-state index in [-0.39, 0.29) is 50.9 Å². The molecule has 0 bridgehead atoms. The third kappa shape index (κ3) is 12.3. The van der Waals surface area contributed by atoms with Gasteiger partial charge in [0.2, 0.25) is 0 Å². The predicted molar refractivity (Wildman–Crippen MR) is 289 cm³/mol. The number of carbonyl (C=O) groups excluding carboxylic acids is 2. The normalized spacial score (nSPS) is 17.9. The zero-order valence-electron chi connectivity index (χ0n) is 44.2. The van der Waals surface area contributed by atoms with Crippen LogP contribution in [0.15, 0.2) is 115 Å². The lowest BCUT2D eigenvalue weighted by atomic mass is 9.76. The van der Waals surface area contributed by atoms with Gasteiger partial charge in [0.25, 0.3) is 0 Å². The van der Waals surface area contributed by atoms with Gasteiger partial charge in [-0.2, -0.15) is 0 Å². The number of allylic oxidation sites excluding steroid dienone is 1. The van der Waals surface area contributed by atoms with E-state index >= 15 is 0 Å². The largest absolute Gasteiger partial charge is 0.497 e. The van der Waals surface area contributed by atoms with Gasteiger partial charge in [-0.3, -0.25) is 0 Å². The van der Waals surface area contributed by atoms with Crippen LogP contribution in [0.5, 0.6) is 17.2 Å². The van der Waals surface area contributed by atoms with Gasteiger partial charge < -0.3 is 57.4 Å². The quantitative estimate of drug-likeness (QED) is 0.0165. The number of carboxylic acid groups (broad SMARTS) is 1. The second-order valence-electron chi connectivity index (χ2n) is 19.5. The van der Waals surface area contributed by atoms with Crippen LogP contribution >= 0.6 is 0 Å². The Morgan fingerprint density at radius 2 is 1.34 bits per heavy atom. The van der Waals surface area contributed by atoms with Crippen molar-refractivity contribution in [2.24, 2.45) is 5.92 Å². The molecule has 0 aromatic heterocycles. The lowest BCUT2D eigenvalue weighted by Crippen LogP contribution is -2.47. The monoisotopic (exact) mass is 1040 g/mol. The molecule has 15 heteroatoms. The Morgan fingerprint density at radius 1 is 0.750 bits per heavy atom. The van der Waals surface area contributed by atoms with Crippen LogP contribution < -0.4 is 19.1 Å². The van der Waals surface area contributed by atoms with Crippen LogP contribution in [0.2, 0.25) is 0 Å². The molecule has 3 atom stereocenters. The Balaban J connectivity index is 0.890. The van der Waals surface area contributed by atoms with Crippen molar-refractivity contribution in [3.63, 3.8) is 0 Å². The highest BCUT2D eigenvalue weighted by molar-refractivity contribution is 6.10. The summed E-state index contributed by atoms with van der Waals surface area (Å²) in [7, 11) is 3.27. The molecule has 3 aliphatic rings. The van der Waals surface area contributed by atoms with Gasteiger partial charge in [0.05, 0.1) is 86.0 Å². The number of aliphatic carboxylic acids is 1.